The molecule has 0 saturated heterocycles. The fourth-order valence-electron chi connectivity index (χ4n) is 1.26. The lowest BCUT2D eigenvalue weighted by Gasteiger charge is -2.03. The molecule has 0 unspecified atom stereocenters. The molecule has 0 aliphatic rings. The van der Waals surface area contributed by atoms with Crippen molar-refractivity contribution in [2.75, 3.05) is 0 Å². The summed E-state index contributed by atoms with van der Waals surface area (Å²) in [5.41, 5.74) is 2.32. The van der Waals surface area contributed by atoms with Gasteiger partial charge in [0.1, 0.15) is 11.1 Å². The van der Waals surface area contributed by atoms with Crippen molar-refractivity contribution >= 4 is 11.8 Å². The summed E-state index contributed by atoms with van der Waals surface area (Å²) in [5, 5.41) is 10.3. The first kappa shape index (κ1) is 11.6. The third kappa shape index (κ3) is 2.80. The zero-order chi connectivity index (χ0) is 12.3. The fourth-order valence-corrected chi connectivity index (χ4v) is 2.15. The van der Waals surface area contributed by atoms with Gasteiger partial charge in [-0.25, -0.2) is 15.0 Å². The Labute approximate surface area is 104 Å². The van der Waals surface area contributed by atoms with Crippen molar-refractivity contribution in [3.05, 3.63) is 41.3 Å². The third-order valence-corrected chi connectivity index (χ3v) is 2.96. The Bertz CT molecular complexity index is 589. The van der Waals surface area contributed by atoms with Crippen molar-refractivity contribution in [3.63, 3.8) is 0 Å². The maximum atomic E-state index is 9.00. The Morgan fingerprint density at radius 1 is 1.12 bits per heavy atom. The molecule has 2 heterocycles. The summed E-state index contributed by atoms with van der Waals surface area (Å²) in [6.07, 6.45) is 1.70. The molecular formula is C12H10N4S. The average molecular weight is 242 g/mol. The van der Waals surface area contributed by atoms with Gasteiger partial charge in [0, 0.05) is 17.6 Å². The van der Waals surface area contributed by atoms with Crippen LogP contribution in [-0.4, -0.2) is 15.0 Å². The summed E-state index contributed by atoms with van der Waals surface area (Å²) < 4.78 is 0. The summed E-state index contributed by atoms with van der Waals surface area (Å²) in [6.45, 7) is 3.79. The highest BCUT2D eigenvalue weighted by atomic mass is 32.2. The van der Waals surface area contributed by atoms with Crippen molar-refractivity contribution in [3.8, 4) is 6.07 Å². The van der Waals surface area contributed by atoms with Gasteiger partial charge in [-0.05, 0) is 43.8 Å². The van der Waals surface area contributed by atoms with Crippen LogP contribution in [0.2, 0.25) is 0 Å². The number of aryl methyl sites for hydroxylation is 2. The van der Waals surface area contributed by atoms with Gasteiger partial charge >= 0.3 is 0 Å². The fraction of sp³-hybridized carbons (Fsp3) is 0.167. The summed E-state index contributed by atoms with van der Waals surface area (Å²) >= 11 is 1.31. The van der Waals surface area contributed by atoms with Gasteiger partial charge in [-0.2, -0.15) is 5.26 Å². The van der Waals surface area contributed by atoms with E-state index in [9.17, 15) is 0 Å². The van der Waals surface area contributed by atoms with Gasteiger partial charge in [0.25, 0.3) is 0 Å². The number of nitrogens with zero attached hydrogens (tertiary/aromatic N) is 4. The minimum Gasteiger partial charge on any atom is -0.245 e. The predicted octanol–water partition coefficient (Wildman–Crippen LogP) is 2.51. The molecule has 0 atom stereocenters. The van der Waals surface area contributed by atoms with Crippen molar-refractivity contribution in [2.45, 2.75) is 24.0 Å². The van der Waals surface area contributed by atoms with E-state index in [1.165, 1.54) is 11.8 Å². The maximum Gasteiger partial charge on any atom is 0.194 e. The number of rotatable bonds is 2. The second-order valence-electron chi connectivity index (χ2n) is 3.50. The molecule has 0 radical (unpaired) electrons. The Morgan fingerprint density at radius 3 is 2.59 bits per heavy atom. The molecule has 2 aromatic rings. The number of pyridine rings is 1. The van der Waals surface area contributed by atoms with E-state index in [-0.39, 0.29) is 0 Å². The van der Waals surface area contributed by atoms with Crippen molar-refractivity contribution in [2.24, 2.45) is 0 Å². The van der Waals surface area contributed by atoms with E-state index in [1.807, 2.05) is 26.0 Å². The minimum atomic E-state index is 0.547. The molecule has 0 bridgehead atoms. The Kier molecular flexibility index (Phi) is 3.35. The van der Waals surface area contributed by atoms with Crippen LogP contribution in [0.25, 0.3) is 0 Å². The summed E-state index contributed by atoms with van der Waals surface area (Å²) in [5.74, 6) is 0. The van der Waals surface area contributed by atoms with E-state index in [0.717, 1.165) is 11.4 Å². The van der Waals surface area contributed by atoms with E-state index in [2.05, 4.69) is 21.0 Å². The number of aromatic nitrogens is 3. The topological polar surface area (TPSA) is 62.5 Å². The minimum absolute atomic E-state index is 0.547. The van der Waals surface area contributed by atoms with Crippen LogP contribution in [0.5, 0.6) is 0 Å². The van der Waals surface area contributed by atoms with E-state index in [1.54, 1.807) is 12.3 Å². The molecule has 5 heteroatoms. The predicted molar refractivity (Wildman–Crippen MR) is 64.6 cm³/mol. The van der Waals surface area contributed by atoms with Crippen LogP contribution >= 0.6 is 11.8 Å². The van der Waals surface area contributed by atoms with Crippen LogP contribution < -0.4 is 0 Å². The molecule has 0 amide bonds. The van der Waals surface area contributed by atoms with Crippen LogP contribution in [-0.2, 0) is 0 Å². The molecule has 2 rings (SSSR count). The molecular weight excluding hydrogens is 232 g/mol. The maximum absolute atomic E-state index is 9.00. The first-order valence-corrected chi connectivity index (χ1v) is 5.86. The smallest absolute Gasteiger partial charge is 0.194 e. The average Bonchev–Trinajstić information content (AvgIpc) is 2.29. The molecule has 4 nitrogen and oxygen atoms in total. The van der Waals surface area contributed by atoms with Crippen molar-refractivity contribution in [1.82, 2.24) is 15.0 Å². The molecule has 0 aromatic carbocycles. The third-order valence-electron chi connectivity index (χ3n) is 2.08. The van der Waals surface area contributed by atoms with Crippen LogP contribution in [0.15, 0.2) is 34.6 Å². The van der Waals surface area contributed by atoms with Gasteiger partial charge < -0.3 is 0 Å². The lowest BCUT2D eigenvalue weighted by Crippen LogP contribution is -1.93. The van der Waals surface area contributed by atoms with E-state index in [4.69, 9.17) is 5.26 Å². The second kappa shape index (κ2) is 4.93. The van der Waals surface area contributed by atoms with Crippen LogP contribution in [0.1, 0.15) is 17.0 Å². The molecule has 0 aliphatic heterocycles. The number of hydrogen-bond donors (Lipinski definition) is 0. The molecule has 17 heavy (non-hydrogen) atoms. The van der Waals surface area contributed by atoms with E-state index in [0.29, 0.717) is 15.7 Å². The molecule has 0 N–H and O–H groups in total. The Hall–Kier alpha value is -1.93. The lowest BCUT2D eigenvalue weighted by atomic mass is 10.3. The largest absolute Gasteiger partial charge is 0.245 e. The lowest BCUT2D eigenvalue weighted by molar-refractivity contribution is 0.924. The molecule has 0 saturated carbocycles. The molecule has 0 fully saturated rings. The normalized spacial score (nSPS) is 9.94. The molecule has 0 aliphatic carbocycles. The van der Waals surface area contributed by atoms with Gasteiger partial charge in [0.2, 0.25) is 0 Å². The van der Waals surface area contributed by atoms with Gasteiger partial charge in [-0.1, -0.05) is 0 Å². The zero-order valence-electron chi connectivity index (χ0n) is 9.51. The van der Waals surface area contributed by atoms with Gasteiger partial charge in [-0.15, -0.1) is 0 Å². The molecule has 0 spiro atoms. The van der Waals surface area contributed by atoms with Crippen LogP contribution in [0.3, 0.4) is 0 Å². The standard InChI is InChI=1S/C12H10N4S/c1-8-3-4-10(7-13)11(15-8)17-12-14-6-5-9(2)16-12/h3-6H,1-2H3. The van der Waals surface area contributed by atoms with Gasteiger partial charge in [0.05, 0.1) is 5.56 Å². The van der Waals surface area contributed by atoms with Crippen molar-refractivity contribution in [1.29, 1.82) is 5.26 Å². The molecule has 84 valence electrons. The van der Waals surface area contributed by atoms with E-state index >= 15 is 0 Å². The quantitative estimate of drug-likeness (QED) is 0.757. The first-order chi connectivity index (χ1) is 8.19. The monoisotopic (exact) mass is 242 g/mol. The summed E-state index contributed by atoms with van der Waals surface area (Å²) in [7, 11) is 0. The Morgan fingerprint density at radius 2 is 1.88 bits per heavy atom. The highest BCUT2D eigenvalue weighted by Gasteiger charge is 2.08. The second-order valence-corrected chi connectivity index (χ2v) is 4.46. The zero-order valence-corrected chi connectivity index (χ0v) is 10.3. The van der Waals surface area contributed by atoms with Crippen LogP contribution in [0, 0.1) is 25.2 Å². The Balaban J connectivity index is 2.36. The van der Waals surface area contributed by atoms with Crippen LogP contribution in [0.4, 0.5) is 0 Å². The SMILES string of the molecule is Cc1ccnc(Sc2nc(C)ccc2C#N)n1. The van der Waals surface area contributed by atoms with E-state index < -0.39 is 0 Å². The highest BCUT2D eigenvalue weighted by Crippen LogP contribution is 2.25. The van der Waals surface area contributed by atoms with Gasteiger partial charge in [0.15, 0.2) is 5.16 Å². The highest BCUT2D eigenvalue weighted by molar-refractivity contribution is 7.99. The first-order valence-electron chi connectivity index (χ1n) is 5.04. The number of nitriles is 1. The van der Waals surface area contributed by atoms with Gasteiger partial charge in [-0.3, -0.25) is 0 Å². The number of hydrogen-bond acceptors (Lipinski definition) is 5. The molecule has 2 aromatic heterocycles. The van der Waals surface area contributed by atoms with Crippen molar-refractivity contribution < 1.29 is 0 Å². The summed E-state index contributed by atoms with van der Waals surface area (Å²) in [4.78, 5) is 12.7. The summed E-state index contributed by atoms with van der Waals surface area (Å²) in [6, 6.07) is 7.53.